The van der Waals surface area contributed by atoms with Crippen LogP contribution in [0.3, 0.4) is 0 Å². The summed E-state index contributed by atoms with van der Waals surface area (Å²) in [7, 11) is 0. The Morgan fingerprint density at radius 1 is 1.06 bits per heavy atom. The summed E-state index contributed by atoms with van der Waals surface area (Å²) in [4.78, 5) is 22.6. The third-order valence-corrected chi connectivity index (χ3v) is 4.71. The highest BCUT2D eigenvalue weighted by Gasteiger charge is 2.14. The molecule has 33 heavy (non-hydrogen) atoms. The lowest BCUT2D eigenvalue weighted by Crippen LogP contribution is -2.18. The van der Waals surface area contributed by atoms with Crippen molar-refractivity contribution in [1.29, 1.82) is 0 Å². The van der Waals surface area contributed by atoms with Crippen LogP contribution in [0.1, 0.15) is 21.6 Å². The Morgan fingerprint density at radius 3 is 2.55 bits per heavy atom. The number of aromatic amines is 1. The third kappa shape index (κ3) is 5.47. The van der Waals surface area contributed by atoms with Crippen LogP contribution in [-0.2, 0) is 6.61 Å². The van der Waals surface area contributed by atoms with Crippen molar-refractivity contribution in [2.45, 2.75) is 6.61 Å². The van der Waals surface area contributed by atoms with Gasteiger partial charge in [0.15, 0.2) is 0 Å². The van der Waals surface area contributed by atoms with E-state index in [9.17, 15) is 14.9 Å². The fourth-order valence-corrected chi connectivity index (χ4v) is 3.02. The zero-order chi connectivity index (χ0) is 23.0. The fourth-order valence-electron chi connectivity index (χ4n) is 3.02. The van der Waals surface area contributed by atoms with Gasteiger partial charge in [0, 0.05) is 17.7 Å². The summed E-state index contributed by atoms with van der Waals surface area (Å²) < 4.78 is 5.96. The third-order valence-electron chi connectivity index (χ3n) is 4.71. The van der Waals surface area contributed by atoms with E-state index in [-0.39, 0.29) is 11.4 Å². The molecule has 3 aromatic carbocycles. The van der Waals surface area contributed by atoms with Crippen molar-refractivity contribution in [3.63, 3.8) is 0 Å². The van der Waals surface area contributed by atoms with E-state index in [1.54, 1.807) is 6.07 Å². The van der Waals surface area contributed by atoms with E-state index in [1.807, 2.05) is 54.6 Å². The Bertz CT molecular complexity index is 1280. The number of nitrogens with one attached hydrogen (secondary N) is 2. The number of nitro groups is 1. The molecular weight excluding hydrogens is 422 g/mol. The number of aromatic nitrogens is 2. The summed E-state index contributed by atoms with van der Waals surface area (Å²) >= 11 is 0. The van der Waals surface area contributed by atoms with Gasteiger partial charge in [-0.15, -0.1) is 0 Å². The summed E-state index contributed by atoms with van der Waals surface area (Å²) in [6.07, 6.45) is 1.39. The minimum atomic E-state index is -0.483. The first-order valence-corrected chi connectivity index (χ1v) is 9.99. The number of nitro benzene ring substituents is 1. The van der Waals surface area contributed by atoms with Gasteiger partial charge in [0.2, 0.25) is 0 Å². The number of carbonyl (C=O) groups excluding carboxylic acids is 1. The van der Waals surface area contributed by atoms with Crippen LogP contribution in [0.4, 0.5) is 5.69 Å². The van der Waals surface area contributed by atoms with Crippen molar-refractivity contribution >= 4 is 17.8 Å². The molecule has 0 atom stereocenters. The number of nitrogens with zero attached hydrogens (tertiary/aromatic N) is 3. The smallest absolute Gasteiger partial charge is 0.289 e. The first kappa shape index (κ1) is 21.4. The minimum absolute atomic E-state index is 0.0193. The van der Waals surface area contributed by atoms with Gasteiger partial charge in [0.05, 0.1) is 16.8 Å². The molecule has 0 fully saturated rings. The number of benzene rings is 3. The number of carbonyl (C=O) groups is 1. The number of non-ortho nitro benzene ring substituents is 1. The van der Waals surface area contributed by atoms with Crippen molar-refractivity contribution in [3.05, 3.63) is 112 Å². The lowest BCUT2D eigenvalue weighted by molar-refractivity contribution is -0.384. The average molecular weight is 441 g/mol. The van der Waals surface area contributed by atoms with Crippen LogP contribution >= 0.6 is 0 Å². The SMILES string of the molecule is O=C(NN=Cc1ccc([N+](=O)[O-])cc1)c1cc(-c2ccccc2OCc2ccccc2)n[nH]1. The van der Waals surface area contributed by atoms with Gasteiger partial charge in [0.1, 0.15) is 18.1 Å². The summed E-state index contributed by atoms with van der Waals surface area (Å²) in [5.74, 6) is 0.172. The molecule has 9 nitrogen and oxygen atoms in total. The standard InChI is InChI=1S/C24H19N5O4/c30-24(28-25-15-17-10-12-19(13-11-17)29(31)32)22-14-21(26-27-22)20-8-4-5-9-23(20)33-16-18-6-2-1-3-7-18/h1-15H,16H2,(H,26,27)(H,28,30). The van der Waals surface area contributed by atoms with Gasteiger partial charge >= 0.3 is 0 Å². The maximum absolute atomic E-state index is 12.4. The highest BCUT2D eigenvalue weighted by Crippen LogP contribution is 2.29. The van der Waals surface area contributed by atoms with E-state index in [0.29, 0.717) is 23.6 Å². The topological polar surface area (TPSA) is 123 Å². The van der Waals surface area contributed by atoms with Crippen LogP contribution in [0.15, 0.2) is 90.0 Å². The molecule has 1 heterocycles. The second-order valence-electron chi connectivity index (χ2n) is 6.99. The molecule has 0 saturated heterocycles. The normalized spacial score (nSPS) is 10.8. The second-order valence-corrected chi connectivity index (χ2v) is 6.99. The first-order valence-electron chi connectivity index (χ1n) is 9.99. The van der Waals surface area contributed by atoms with E-state index < -0.39 is 10.8 Å². The van der Waals surface area contributed by atoms with Gasteiger partial charge in [-0.3, -0.25) is 20.0 Å². The van der Waals surface area contributed by atoms with Crippen molar-refractivity contribution in [3.8, 4) is 17.0 Å². The molecule has 9 heteroatoms. The number of hydrazone groups is 1. The largest absolute Gasteiger partial charge is 0.488 e. The number of para-hydroxylation sites is 1. The minimum Gasteiger partial charge on any atom is -0.488 e. The van der Waals surface area contributed by atoms with Crippen molar-refractivity contribution in [2.24, 2.45) is 5.10 Å². The number of H-pyrrole nitrogens is 1. The molecule has 2 N–H and O–H groups in total. The predicted octanol–water partition coefficient (Wildman–Crippen LogP) is 4.33. The molecule has 0 bridgehead atoms. The Balaban J connectivity index is 1.41. The number of rotatable bonds is 8. The molecule has 1 amide bonds. The van der Waals surface area contributed by atoms with Crippen molar-refractivity contribution < 1.29 is 14.5 Å². The average Bonchev–Trinajstić information content (AvgIpc) is 3.34. The predicted molar refractivity (Wildman–Crippen MR) is 123 cm³/mol. The quantitative estimate of drug-likeness (QED) is 0.239. The van der Waals surface area contributed by atoms with Crippen molar-refractivity contribution in [2.75, 3.05) is 0 Å². The summed E-state index contributed by atoms with van der Waals surface area (Å²) in [5.41, 5.74) is 5.57. The maximum atomic E-state index is 12.4. The van der Waals surface area contributed by atoms with E-state index in [1.165, 1.54) is 30.5 Å². The summed E-state index contributed by atoms with van der Waals surface area (Å²) in [6.45, 7) is 0.410. The second kappa shape index (κ2) is 10.0. The summed E-state index contributed by atoms with van der Waals surface area (Å²) in [6, 6.07) is 24.7. The van der Waals surface area contributed by atoms with Gasteiger partial charge in [-0.1, -0.05) is 42.5 Å². The number of hydrogen-bond donors (Lipinski definition) is 2. The monoisotopic (exact) mass is 441 g/mol. The molecule has 0 spiro atoms. The van der Waals surface area contributed by atoms with Gasteiger partial charge in [-0.2, -0.15) is 10.2 Å². The first-order chi connectivity index (χ1) is 16.1. The van der Waals surface area contributed by atoms with Crippen LogP contribution < -0.4 is 10.2 Å². The van der Waals surface area contributed by atoms with Crippen LogP contribution in [0, 0.1) is 10.1 Å². The van der Waals surface area contributed by atoms with E-state index in [4.69, 9.17) is 4.74 Å². The van der Waals surface area contributed by atoms with Crippen molar-refractivity contribution in [1.82, 2.24) is 15.6 Å². The van der Waals surface area contributed by atoms with E-state index in [2.05, 4.69) is 20.7 Å². The molecular formula is C24H19N5O4. The lowest BCUT2D eigenvalue weighted by Gasteiger charge is -2.10. The van der Waals surface area contributed by atoms with Crippen LogP contribution in [0.5, 0.6) is 5.75 Å². The molecule has 0 aliphatic carbocycles. The number of amides is 1. The number of ether oxygens (including phenoxy) is 1. The van der Waals surface area contributed by atoms with Gasteiger partial charge in [-0.05, 0) is 41.5 Å². The van der Waals surface area contributed by atoms with Gasteiger partial charge < -0.3 is 4.74 Å². The molecule has 0 unspecified atom stereocenters. The van der Waals surface area contributed by atoms with Crippen LogP contribution in [0.25, 0.3) is 11.3 Å². The number of hydrogen-bond acceptors (Lipinski definition) is 6. The molecule has 0 saturated carbocycles. The zero-order valence-corrected chi connectivity index (χ0v) is 17.3. The molecule has 164 valence electrons. The van der Waals surface area contributed by atoms with Crippen LogP contribution in [-0.4, -0.2) is 27.2 Å². The molecule has 0 radical (unpaired) electrons. The molecule has 0 aliphatic heterocycles. The Labute approximate surface area is 188 Å². The Morgan fingerprint density at radius 2 is 1.79 bits per heavy atom. The fraction of sp³-hybridized carbons (Fsp3) is 0.0417. The zero-order valence-electron chi connectivity index (χ0n) is 17.3. The molecule has 4 rings (SSSR count). The highest BCUT2D eigenvalue weighted by atomic mass is 16.6. The Hall–Kier alpha value is -4.79. The molecule has 0 aliphatic rings. The Kier molecular flexibility index (Phi) is 6.51. The lowest BCUT2D eigenvalue weighted by atomic mass is 10.1. The van der Waals surface area contributed by atoms with Gasteiger partial charge in [-0.25, -0.2) is 5.43 Å². The van der Waals surface area contributed by atoms with Crippen LogP contribution in [0.2, 0.25) is 0 Å². The van der Waals surface area contributed by atoms with Gasteiger partial charge in [0.25, 0.3) is 11.6 Å². The van der Waals surface area contributed by atoms with E-state index >= 15 is 0 Å². The molecule has 1 aromatic heterocycles. The highest BCUT2D eigenvalue weighted by molar-refractivity contribution is 5.94. The van der Waals surface area contributed by atoms with E-state index in [0.717, 1.165) is 11.1 Å². The summed E-state index contributed by atoms with van der Waals surface area (Å²) in [5, 5.41) is 21.5. The molecule has 4 aromatic rings. The maximum Gasteiger partial charge on any atom is 0.289 e.